The predicted molar refractivity (Wildman–Crippen MR) is 104 cm³/mol. The molecule has 27 heavy (non-hydrogen) atoms. The molecule has 144 valence electrons. The molecular formula is C21H26N2O4. The molecule has 6 nitrogen and oxygen atoms in total. The zero-order valence-corrected chi connectivity index (χ0v) is 16.2. The van der Waals surface area contributed by atoms with E-state index in [1.807, 2.05) is 36.1 Å². The lowest BCUT2D eigenvalue weighted by Crippen LogP contribution is -2.48. The van der Waals surface area contributed by atoms with Crippen LogP contribution in [0, 0.1) is 6.92 Å². The Kier molecular flexibility index (Phi) is 5.86. The molecule has 1 unspecified atom stereocenters. The first kappa shape index (κ1) is 19.0. The molecule has 0 radical (unpaired) electrons. The second-order valence-corrected chi connectivity index (χ2v) is 6.47. The van der Waals surface area contributed by atoms with Crippen molar-refractivity contribution in [2.24, 2.45) is 0 Å². The summed E-state index contributed by atoms with van der Waals surface area (Å²) >= 11 is 0. The van der Waals surface area contributed by atoms with Crippen molar-refractivity contribution in [3.63, 3.8) is 0 Å². The number of methoxy groups -OCH3 is 3. The van der Waals surface area contributed by atoms with Crippen LogP contribution in [0.1, 0.15) is 27.5 Å². The lowest BCUT2D eigenvalue weighted by Gasteiger charge is -2.37. The minimum atomic E-state index is -0.110. The SMILES string of the molecule is COc1ccccc1C1CNCCN1C(=O)c1cc(OC)c(C)c(OC)c1. The number of rotatable bonds is 5. The Balaban J connectivity index is 1.99. The molecule has 1 heterocycles. The van der Waals surface area contributed by atoms with Gasteiger partial charge in [0.15, 0.2) is 0 Å². The van der Waals surface area contributed by atoms with Gasteiger partial charge in [-0.1, -0.05) is 18.2 Å². The second kappa shape index (κ2) is 8.31. The maximum Gasteiger partial charge on any atom is 0.254 e. The fourth-order valence-electron chi connectivity index (χ4n) is 3.54. The molecule has 1 aliphatic heterocycles. The van der Waals surface area contributed by atoms with Gasteiger partial charge in [-0.25, -0.2) is 0 Å². The smallest absolute Gasteiger partial charge is 0.254 e. The number of carbonyl (C=O) groups is 1. The molecule has 0 spiro atoms. The summed E-state index contributed by atoms with van der Waals surface area (Å²) in [5, 5.41) is 3.38. The first-order valence-corrected chi connectivity index (χ1v) is 8.98. The van der Waals surface area contributed by atoms with E-state index in [-0.39, 0.29) is 11.9 Å². The van der Waals surface area contributed by atoms with E-state index >= 15 is 0 Å². The van der Waals surface area contributed by atoms with Gasteiger partial charge in [0.25, 0.3) is 5.91 Å². The van der Waals surface area contributed by atoms with Gasteiger partial charge in [0.1, 0.15) is 17.2 Å². The van der Waals surface area contributed by atoms with E-state index in [2.05, 4.69) is 5.32 Å². The van der Waals surface area contributed by atoms with Crippen LogP contribution in [-0.4, -0.2) is 51.8 Å². The average Bonchev–Trinajstić information content (AvgIpc) is 2.73. The van der Waals surface area contributed by atoms with E-state index in [1.54, 1.807) is 33.5 Å². The first-order valence-electron chi connectivity index (χ1n) is 8.98. The van der Waals surface area contributed by atoms with Crippen molar-refractivity contribution in [2.45, 2.75) is 13.0 Å². The van der Waals surface area contributed by atoms with Crippen molar-refractivity contribution < 1.29 is 19.0 Å². The van der Waals surface area contributed by atoms with Crippen LogP contribution in [0.15, 0.2) is 36.4 Å². The number of benzene rings is 2. The molecule has 3 rings (SSSR count). The summed E-state index contributed by atoms with van der Waals surface area (Å²) in [6.45, 7) is 3.94. The van der Waals surface area contributed by atoms with Gasteiger partial charge >= 0.3 is 0 Å². The summed E-state index contributed by atoms with van der Waals surface area (Å²) in [5.41, 5.74) is 2.42. The lowest BCUT2D eigenvalue weighted by molar-refractivity contribution is 0.0631. The van der Waals surface area contributed by atoms with Gasteiger partial charge in [-0.2, -0.15) is 0 Å². The predicted octanol–water partition coefficient (Wildman–Crippen LogP) is 2.81. The van der Waals surface area contributed by atoms with Gasteiger partial charge in [-0.3, -0.25) is 4.79 Å². The van der Waals surface area contributed by atoms with Crippen molar-refractivity contribution in [1.29, 1.82) is 0 Å². The fourth-order valence-corrected chi connectivity index (χ4v) is 3.54. The van der Waals surface area contributed by atoms with E-state index in [0.29, 0.717) is 30.2 Å². The third-order valence-corrected chi connectivity index (χ3v) is 5.00. The van der Waals surface area contributed by atoms with E-state index in [4.69, 9.17) is 14.2 Å². The van der Waals surface area contributed by atoms with Crippen molar-refractivity contribution in [3.8, 4) is 17.2 Å². The van der Waals surface area contributed by atoms with Crippen molar-refractivity contribution in [1.82, 2.24) is 10.2 Å². The highest BCUT2D eigenvalue weighted by molar-refractivity contribution is 5.95. The highest BCUT2D eigenvalue weighted by Gasteiger charge is 2.31. The summed E-state index contributed by atoms with van der Waals surface area (Å²) in [6.07, 6.45) is 0. The Labute approximate surface area is 160 Å². The van der Waals surface area contributed by atoms with Crippen LogP contribution in [0.5, 0.6) is 17.2 Å². The molecule has 0 saturated carbocycles. The minimum absolute atomic E-state index is 0.0518. The third-order valence-electron chi connectivity index (χ3n) is 5.00. The third kappa shape index (κ3) is 3.71. The Morgan fingerprint density at radius 3 is 2.30 bits per heavy atom. The zero-order chi connectivity index (χ0) is 19.4. The molecular weight excluding hydrogens is 344 g/mol. The summed E-state index contributed by atoms with van der Waals surface area (Å²) in [6, 6.07) is 11.3. The summed E-state index contributed by atoms with van der Waals surface area (Å²) in [7, 11) is 4.84. The van der Waals surface area contributed by atoms with Crippen LogP contribution in [0.2, 0.25) is 0 Å². The number of hydrogen-bond donors (Lipinski definition) is 1. The van der Waals surface area contributed by atoms with Crippen molar-refractivity contribution in [3.05, 3.63) is 53.1 Å². The molecule has 1 aliphatic rings. The summed E-state index contributed by atoms with van der Waals surface area (Å²) in [5.74, 6) is 2.01. The van der Waals surface area contributed by atoms with Gasteiger partial charge in [0.2, 0.25) is 0 Å². The Morgan fingerprint density at radius 1 is 1.04 bits per heavy atom. The van der Waals surface area contributed by atoms with Crippen LogP contribution in [0.25, 0.3) is 0 Å². The summed E-state index contributed by atoms with van der Waals surface area (Å²) < 4.78 is 16.4. The molecule has 1 N–H and O–H groups in total. The van der Waals surface area contributed by atoms with E-state index in [1.165, 1.54) is 0 Å². The molecule has 1 amide bonds. The van der Waals surface area contributed by atoms with Crippen LogP contribution < -0.4 is 19.5 Å². The van der Waals surface area contributed by atoms with Crippen LogP contribution >= 0.6 is 0 Å². The van der Waals surface area contributed by atoms with Crippen molar-refractivity contribution in [2.75, 3.05) is 41.0 Å². The monoisotopic (exact) mass is 370 g/mol. The number of piperazine rings is 1. The molecule has 0 aromatic heterocycles. The molecule has 0 aliphatic carbocycles. The van der Waals surface area contributed by atoms with Gasteiger partial charge in [0.05, 0.1) is 27.4 Å². The fraction of sp³-hybridized carbons (Fsp3) is 0.381. The van der Waals surface area contributed by atoms with E-state index in [0.717, 1.165) is 23.4 Å². The second-order valence-electron chi connectivity index (χ2n) is 6.47. The van der Waals surface area contributed by atoms with Crippen LogP contribution in [0.3, 0.4) is 0 Å². The number of amides is 1. The topological polar surface area (TPSA) is 60.0 Å². The number of nitrogens with one attached hydrogen (secondary N) is 1. The molecule has 2 aromatic carbocycles. The Hall–Kier alpha value is -2.73. The number of nitrogens with zero attached hydrogens (tertiary/aromatic N) is 1. The highest BCUT2D eigenvalue weighted by Crippen LogP contribution is 2.34. The standard InChI is InChI=1S/C21H26N2O4/c1-14-19(26-3)11-15(12-20(14)27-4)21(24)23-10-9-22-13-17(23)16-7-5-6-8-18(16)25-2/h5-8,11-12,17,22H,9-10,13H2,1-4H3. The molecule has 1 fully saturated rings. The summed E-state index contributed by atoms with van der Waals surface area (Å²) in [4.78, 5) is 15.3. The number of para-hydroxylation sites is 1. The Morgan fingerprint density at radius 2 is 1.67 bits per heavy atom. The van der Waals surface area contributed by atoms with Crippen LogP contribution in [0.4, 0.5) is 0 Å². The zero-order valence-electron chi connectivity index (χ0n) is 16.2. The van der Waals surface area contributed by atoms with E-state index in [9.17, 15) is 4.79 Å². The van der Waals surface area contributed by atoms with Gasteiger partial charge in [-0.15, -0.1) is 0 Å². The molecule has 0 bridgehead atoms. The largest absolute Gasteiger partial charge is 0.496 e. The molecule has 1 saturated heterocycles. The molecule has 1 atom stereocenters. The average molecular weight is 370 g/mol. The lowest BCUT2D eigenvalue weighted by atomic mass is 10.00. The van der Waals surface area contributed by atoms with Crippen LogP contribution in [-0.2, 0) is 0 Å². The maximum absolute atomic E-state index is 13.4. The maximum atomic E-state index is 13.4. The van der Waals surface area contributed by atoms with Gasteiger partial charge in [0, 0.05) is 36.3 Å². The van der Waals surface area contributed by atoms with Gasteiger partial charge < -0.3 is 24.4 Å². The normalized spacial score (nSPS) is 16.7. The van der Waals surface area contributed by atoms with Gasteiger partial charge in [-0.05, 0) is 25.1 Å². The minimum Gasteiger partial charge on any atom is -0.496 e. The quantitative estimate of drug-likeness (QED) is 0.877. The van der Waals surface area contributed by atoms with Crippen molar-refractivity contribution >= 4 is 5.91 Å². The Bertz CT molecular complexity index is 797. The van der Waals surface area contributed by atoms with E-state index < -0.39 is 0 Å². The number of ether oxygens (including phenoxy) is 3. The molecule has 2 aromatic rings. The number of hydrogen-bond acceptors (Lipinski definition) is 5. The highest BCUT2D eigenvalue weighted by atomic mass is 16.5. The molecule has 6 heteroatoms. The first-order chi connectivity index (χ1) is 13.1. The number of carbonyl (C=O) groups excluding carboxylic acids is 1.